The van der Waals surface area contributed by atoms with Gasteiger partial charge in [0, 0.05) is 69.7 Å². The summed E-state index contributed by atoms with van der Waals surface area (Å²) in [5.41, 5.74) is 2.17. The van der Waals surface area contributed by atoms with Crippen molar-refractivity contribution in [3.63, 3.8) is 0 Å². The Kier molecular flexibility index (Phi) is 7.26. The molecule has 3 aliphatic heterocycles. The maximum atomic E-state index is 13.2. The molecular formula is C28H38N6O5. The summed E-state index contributed by atoms with van der Waals surface area (Å²) >= 11 is 0. The van der Waals surface area contributed by atoms with Crippen LogP contribution in [0.1, 0.15) is 58.1 Å². The Hall–Kier alpha value is -3.63. The number of aryl methyl sites for hydroxylation is 1. The molecule has 1 N–H and O–H groups in total. The fourth-order valence-electron chi connectivity index (χ4n) is 5.76. The minimum Gasteiger partial charge on any atom is -0.444 e. The van der Waals surface area contributed by atoms with Gasteiger partial charge in [0.25, 0.3) is 0 Å². The van der Waals surface area contributed by atoms with E-state index in [4.69, 9.17) is 4.74 Å². The van der Waals surface area contributed by atoms with Gasteiger partial charge in [-0.25, -0.2) is 4.79 Å². The standard InChI is InChI=1S/C28H38N6O5/c1-28(2,3)39-27(38)34-11-9-18(10-12-34)26(37)33-15-13-32(14-16-33)19-5-6-20-22(17-19)31(4)30-24(20)21-7-8-23(35)29-25(21)36/h5-6,17-18,21H,7-16H2,1-4H3,(H,29,35,36). The van der Waals surface area contributed by atoms with Gasteiger partial charge >= 0.3 is 6.09 Å². The van der Waals surface area contributed by atoms with Crippen LogP contribution in [0.2, 0.25) is 0 Å². The normalized spacial score (nSPS) is 21.3. The van der Waals surface area contributed by atoms with Crippen molar-refractivity contribution >= 4 is 40.4 Å². The molecule has 0 saturated carbocycles. The Labute approximate surface area is 228 Å². The molecule has 0 spiro atoms. The number of carbonyl (C=O) groups is 4. The first kappa shape index (κ1) is 27.0. The second-order valence-corrected chi connectivity index (χ2v) is 11.8. The van der Waals surface area contributed by atoms with Gasteiger partial charge in [-0.15, -0.1) is 0 Å². The van der Waals surface area contributed by atoms with E-state index in [2.05, 4.69) is 21.4 Å². The molecule has 0 bridgehead atoms. The number of nitrogens with zero attached hydrogens (tertiary/aromatic N) is 5. The molecule has 39 heavy (non-hydrogen) atoms. The maximum Gasteiger partial charge on any atom is 0.410 e. The molecule has 3 saturated heterocycles. The van der Waals surface area contributed by atoms with Crippen molar-refractivity contribution in [2.45, 2.75) is 58.0 Å². The van der Waals surface area contributed by atoms with Gasteiger partial charge in [0.05, 0.1) is 17.1 Å². The molecule has 0 radical (unpaired) electrons. The van der Waals surface area contributed by atoms with Crippen LogP contribution in [-0.4, -0.2) is 88.3 Å². The van der Waals surface area contributed by atoms with Gasteiger partial charge in [-0.1, -0.05) is 0 Å². The number of hydrogen-bond acceptors (Lipinski definition) is 7. The van der Waals surface area contributed by atoms with Gasteiger partial charge in [-0.3, -0.25) is 24.4 Å². The summed E-state index contributed by atoms with van der Waals surface area (Å²) in [6, 6.07) is 6.14. The molecule has 1 unspecified atom stereocenters. The van der Waals surface area contributed by atoms with E-state index in [9.17, 15) is 19.2 Å². The van der Waals surface area contributed by atoms with Crippen LogP contribution in [-0.2, 0) is 26.2 Å². The number of carbonyl (C=O) groups excluding carboxylic acids is 4. The van der Waals surface area contributed by atoms with Crippen molar-refractivity contribution in [3.05, 3.63) is 23.9 Å². The molecule has 11 nitrogen and oxygen atoms in total. The fraction of sp³-hybridized carbons (Fsp3) is 0.607. The summed E-state index contributed by atoms with van der Waals surface area (Å²) in [6.07, 6.45) is 1.79. The highest BCUT2D eigenvalue weighted by molar-refractivity contribution is 6.02. The number of anilines is 1. The zero-order chi connectivity index (χ0) is 27.9. The topological polar surface area (TPSA) is 117 Å². The van der Waals surface area contributed by atoms with E-state index < -0.39 is 11.5 Å². The number of amides is 4. The molecule has 4 amide bonds. The lowest BCUT2D eigenvalue weighted by Gasteiger charge is -2.39. The number of hydrogen-bond donors (Lipinski definition) is 1. The van der Waals surface area contributed by atoms with Gasteiger partial charge in [0.1, 0.15) is 5.60 Å². The number of piperazine rings is 1. The highest BCUT2D eigenvalue weighted by atomic mass is 16.6. The summed E-state index contributed by atoms with van der Waals surface area (Å²) in [6.45, 7) is 9.40. The highest BCUT2D eigenvalue weighted by Crippen LogP contribution is 2.32. The fourth-order valence-corrected chi connectivity index (χ4v) is 5.76. The van der Waals surface area contributed by atoms with Gasteiger partial charge in [-0.05, 0) is 58.2 Å². The van der Waals surface area contributed by atoms with Crippen LogP contribution in [0.3, 0.4) is 0 Å². The minimum atomic E-state index is -0.527. The SMILES string of the molecule is Cn1nc(C2CCC(=O)NC2=O)c2ccc(N3CCN(C(=O)C4CCN(C(=O)OC(C)(C)C)CC4)CC3)cc21. The average molecular weight is 539 g/mol. The summed E-state index contributed by atoms with van der Waals surface area (Å²) in [5.74, 6) is -0.835. The Balaban J connectivity index is 1.18. The van der Waals surface area contributed by atoms with Crippen molar-refractivity contribution in [1.29, 1.82) is 0 Å². The second-order valence-electron chi connectivity index (χ2n) is 11.8. The van der Waals surface area contributed by atoms with Crippen molar-refractivity contribution in [2.24, 2.45) is 13.0 Å². The number of imide groups is 1. The van der Waals surface area contributed by atoms with Gasteiger partial charge in [-0.2, -0.15) is 5.10 Å². The summed E-state index contributed by atoms with van der Waals surface area (Å²) < 4.78 is 7.26. The van der Waals surface area contributed by atoms with Crippen LogP contribution in [0.4, 0.5) is 10.5 Å². The lowest BCUT2D eigenvalue weighted by molar-refractivity contribution is -0.137. The molecule has 4 heterocycles. The van der Waals surface area contributed by atoms with Crippen LogP contribution in [0.25, 0.3) is 10.9 Å². The number of benzene rings is 1. The maximum absolute atomic E-state index is 13.2. The molecular weight excluding hydrogens is 500 g/mol. The van der Waals surface area contributed by atoms with E-state index in [1.165, 1.54) is 0 Å². The van der Waals surface area contributed by atoms with Crippen LogP contribution in [0.5, 0.6) is 0 Å². The Morgan fingerprint density at radius 1 is 0.974 bits per heavy atom. The number of likely N-dealkylation sites (tertiary alicyclic amines) is 1. The van der Waals surface area contributed by atoms with E-state index >= 15 is 0 Å². The molecule has 3 fully saturated rings. The van der Waals surface area contributed by atoms with Crippen LogP contribution in [0, 0.1) is 5.92 Å². The van der Waals surface area contributed by atoms with Crippen LogP contribution >= 0.6 is 0 Å². The van der Waals surface area contributed by atoms with Gasteiger partial charge < -0.3 is 19.4 Å². The second kappa shape index (κ2) is 10.5. The lowest BCUT2D eigenvalue weighted by Crippen LogP contribution is -2.52. The quantitative estimate of drug-likeness (QED) is 0.597. The van der Waals surface area contributed by atoms with E-state index in [0.29, 0.717) is 57.6 Å². The summed E-state index contributed by atoms with van der Waals surface area (Å²) in [5, 5.41) is 7.98. The van der Waals surface area contributed by atoms with Crippen molar-refractivity contribution in [3.8, 4) is 0 Å². The zero-order valence-corrected chi connectivity index (χ0v) is 23.2. The van der Waals surface area contributed by atoms with Gasteiger partial charge in [0.2, 0.25) is 17.7 Å². The van der Waals surface area contributed by atoms with E-state index in [1.54, 1.807) is 9.58 Å². The molecule has 0 aliphatic carbocycles. The number of fused-ring (bicyclic) bond motifs is 1. The Morgan fingerprint density at radius 3 is 2.31 bits per heavy atom. The predicted molar refractivity (Wildman–Crippen MR) is 145 cm³/mol. The Morgan fingerprint density at radius 2 is 1.67 bits per heavy atom. The molecule has 1 aromatic heterocycles. The first-order chi connectivity index (χ1) is 18.5. The number of nitrogens with one attached hydrogen (secondary N) is 1. The third-order valence-corrected chi connectivity index (χ3v) is 7.89. The highest BCUT2D eigenvalue weighted by Gasteiger charge is 2.34. The first-order valence-electron chi connectivity index (χ1n) is 13.8. The van der Waals surface area contributed by atoms with Crippen molar-refractivity contribution in [1.82, 2.24) is 24.9 Å². The predicted octanol–water partition coefficient (Wildman–Crippen LogP) is 2.39. The molecule has 2 aromatic rings. The first-order valence-corrected chi connectivity index (χ1v) is 13.8. The molecule has 11 heteroatoms. The molecule has 1 aromatic carbocycles. The lowest BCUT2D eigenvalue weighted by atomic mass is 9.93. The monoisotopic (exact) mass is 538 g/mol. The van der Waals surface area contributed by atoms with Crippen LogP contribution < -0.4 is 10.2 Å². The molecule has 5 rings (SSSR count). The van der Waals surface area contributed by atoms with Crippen molar-refractivity contribution < 1.29 is 23.9 Å². The third kappa shape index (κ3) is 5.72. The van der Waals surface area contributed by atoms with Crippen LogP contribution in [0.15, 0.2) is 18.2 Å². The third-order valence-electron chi connectivity index (χ3n) is 7.89. The smallest absolute Gasteiger partial charge is 0.410 e. The average Bonchev–Trinajstić information content (AvgIpc) is 3.23. The Bertz CT molecular complexity index is 1280. The summed E-state index contributed by atoms with van der Waals surface area (Å²) in [7, 11) is 1.87. The zero-order valence-electron chi connectivity index (χ0n) is 23.2. The molecule has 1 atom stereocenters. The van der Waals surface area contributed by atoms with E-state index in [-0.39, 0.29) is 29.7 Å². The molecule has 210 valence electrons. The number of aromatic nitrogens is 2. The summed E-state index contributed by atoms with van der Waals surface area (Å²) in [4.78, 5) is 55.5. The van der Waals surface area contributed by atoms with Crippen molar-refractivity contribution in [2.75, 3.05) is 44.2 Å². The number of piperidine rings is 2. The van der Waals surface area contributed by atoms with E-state index in [0.717, 1.165) is 29.7 Å². The number of ether oxygens (including phenoxy) is 1. The van der Waals surface area contributed by atoms with E-state index in [1.807, 2.05) is 44.9 Å². The largest absolute Gasteiger partial charge is 0.444 e. The van der Waals surface area contributed by atoms with Gasteiger partial charge in [0.15, 0.2) is 0 Å². The molecule has 3 aliphatic rings. The number of rotatable bonds is 3. The minimum absolute atomic E-state index is 0.0632.